The van der Waals surface area contributed by atoms with Crippen molar-refractivity contribution in [3.63, 3.8) is 0 Å². The zero-order valence-corrected chi connectivity index (χ0v) is 8.92. The standard InChI is InChI=1S/C9H15F3N2O2/c1-6-2-4-14(5-3-7(6)15)13-8(16)9(10,11)12/h6-7,15H,2-5H2,1H3,(H,13,16). The summed E-state index contributed by atoms with van der Waals surface area (Å²) in [6, 6.07) is 0. The third kappa shape index (κ3) is 3.64. The van der Waals surface area contributed by atoms with Gasteiger partial charge in [0.05, 0.1) is 6.10 Å². The van der Waals surface area contributed by atoms with E-state index in [9.17, 15) is 23.1 Å². The van der Waals surface area contributed by atoms with E-state index in [1.165, 1.54) is 5.01 Å². The number of aliphatic hydroxyl groups is 1. The topological polar surface area (TPSA) is 52.6 Å². The Morgan fingerprint density at radius 2 is 1.94 bits per heavy atom. The van der Waals surface area contributed by atoms with Crippen LogP contribution < -0.4 is 5.43 Å². The highest BCUT2D eigenvalue weighted by atomic mass is 19.4. The van der Waals surface area contributed by atoms with Crippen molar-refractivity contribution in [2.75, 3.05) is 13.1 Å². The van der Waals surface area contributed by atoms with Crippen LogP contribution in [0.2, 0.25) is 0 Å². The van der Waals surface area contributed by atoms with Gasteiger partial charge in [-0.15, -0.1) is 0 Å². The number of aliphatic hydroxyl groups excluding tert-OH is 1. The Morgan fingerprint density at radius 1 is 1.38 bits per heavy atom. The van der Waals surface area contributed by atoms with Crippen molar-refractivity contribution in [1.29, 1.82) is 0 Å². The first-order valence-electron chi connectivity index (χ1n) is 5.11. The molecule has 0 radical (unpaired) electrons. The number of alkyl halides is 3. The molecule has 16 heavy (non-hydrogen) atoms. The normalized spacial score (nSPS) is 28.6. The Morgan fingerprint density at radius 3 is 2.50 bits per heavy atom. The molecule has 1 heterocycles. The fraction of sp³-hybridized carbons (Fsp3) is 0.889. The number of hydrogen-bond acceptors (Lipinski definition) is 3. The summed E-state index contributed by atoms with van der Waals surface area (Å²) < 4.78 is 35.9. The molecule has 2 unspecified atom stereocenters. The van der Waals surface area contributed by atoms with Crippen LogP contribution in [0.5, 0.6) is 0 Å². The van der Waals surface area contributed by atoms with Gasteiger partial charge in [-0.2, -0.15) is 13.2 Å². The summed E-state index contributed by atoms with van der Waals surface area (Å²) in [6.07, 6.45) is -4.47. The van der Waals surface area contributed by atoms with Crippen LogP contribution in [-0.2, 0) is 4.79 Å². The molecule has 0 aliphatic carbocycles. The molecule has 94 valence electrons. The molecule has 0 bridgehead atoms. The molecular formula is C9H15F3N2O2. The lowest BCUT2D eigenvalue weighted by atomic mass is 10.0. The number of carbonyl (C=O) groups excluding carboxylic acids is 1. The molecule has 1 fully saturated rings. The van der Waals surface area contributed by atoms with Crippen molar-refractivity contribution in [3.8, 4) is 0 Å². The molecule has 1 rings (SSSR count). The fourth-order valence-electron chi connectivity index (χ4n) is 1.56. The van der Waals surface area contributed by atoms with E-state index in [4.69, 9.17) is 0 Å². The van der Waals surface area contributed by atoms with Crippen LogP contribution in [0.4, 0.5) is 13.2 Å². The molecule has 2 atom stereocenters. The molecule has 0 spiro atoms. The van der Waals surface area contributed by atoms with Crippen LogP contribution in [0.1, 0.15) is 19.8 Å². The highest BCUT2D eigenvalue weighted by Crippen LogP contribution is 2.18. The van der Waals surface area contributed by atoms with E-state index in [1.54, 1.807) is 5.43 Å². The minimum atomic E-state index is -4.86. The molecule has 0 aromatic carbocycles. The number of nitrogens with one attached hydrogen (secondary N) is 1. The van der Waals surface area contributed by atoms with Gasteiger partial charge in [-0.05, 0) is 18.8 Å². The highest BCUT2D eigenvalue weighted by molar-refractivity contribution is 5.81. The molecule has 1 amide bonds. The molecule has 0 aromatic rings. The van der Waals surface area contributed by atoms with Crippen molar-refractivity contribution in [2.45, 2.75) is 32.0 Å². The largest absolute Gasteiger partial charge is 0.472 e. The summed E-state index contributed by atoms with van der Waals surface area (Å²) in [5.41, 5.74) is 1.80. The molecule has 1 saturated heterocycles. The molecule has 4 nitrogen and oxygen atoms in total. The summed E-state index contributed by atoms with van der Waals surface area (Å²) in [7, 11) is 0. The number of rotatable bonds is 1. The van der Waals surface area contributed by atoms with E-state index in [2.05, 4.69) is 0 Å². The van der Waals surface area contributed by atoms with Crippen LogP contribution in [0.3, 0.4) is 0 Å². The van der Waals surface area contributed by atoms with E-state index in [0.717, 1.165) is 0 Å². The van der Waals surface area contributed by atoms with Crippen LogP contribution in [0.25, 0.3) is 0 Å². The average molecular weight is 240 g/mol. The molecule has 0 saturated carbocycles. The predicted molar refractivity (Wildman–Crippen MR) is 50.2 cm³/mol. The molecule has 1 aliphatic heterocycles. The van der Waals surface area contributed by atoms with Crippen LogP contribution in [0, 0.1) is 5.92 Å². The van der Waals surface area contributed by atoms with Gasteiger partial charge in [-0.1, -0.05) is 6.92 Å². The maximum Gasteiger partial charge on any atom is 0.472 e. The third-order valence-corrected chi connectivity index (χ3v) is 2.72. The van der Waals surface area contributed by atoms with Crippen molar-refractivity contribution in [2.24, 2.45) is 5.92 Å². The molecule has 7 heteroatoms. The van der Waals surface area contributed by atoms with E-state index in [0.29, 0.717) is 19.4 Å². The van der Waals surface area contributed by atoms with Gasteiger partial charge in [0.1, 0.15) is 0 Å². The number of hydrazine groups is 1. The first-order valence-corrected chi connectivity index (χ1v) is 5.11. The van der Waals surface area contributed by atoms with E-state index in [-0.39, 0.29) is 12.5 Å². The Kier molecular flexibility index (Phi) is 4.15. The second-order valence-electron chi connectivity index (χ2n) is 4.05. The Bertz CT molecular complexity index is 246. The number of hydrogen-bond donors (Lipinski definition) is 2. The first-order chi connectivity index (χ1) is 7.30. The maximum atomic E-state index is 12.0. The van der Waals surface area contributed by atoms with Gasteiger partial charge in [0, 0.05) is 13.1 Å². The summed E-state index contributed by atoms with van der Waals surface area (Å²) >= 11 is 0. The average Bonchev–Trinajstić information content (AvgIpc) is 2.32. The van der Waals surface area contributed by atoms with E-state index < -0.39 is 18.2 Å². The Balaban J connectivity index is 2.47. The van der Waals surface area contributed by atoms with Gasteiger partial charge in [0.25, 0.3) is 0 Å². The molecule has 1 aliphatic rings. The molecule has 2 N–H and O–H groups in total. The third-order valence-electron chi connectivity index (χ3n) is 2.72. The Labute approximate surface area is 91.4 Å². The van der Waals surface area contributed by atoms with Crippen LogP contribution in [-0.4, -0.2) is 41.4 Å². The second kappa shape index (κ2) is 5.01. The zero-order valence-electron chi connectivity index (χ0n) is 8.92. The lowest BCUT2D eigenvalue weighted by Gasteiger charge is -2.21. The predicted octanol–water partition coefficient (Wildman–Crippen LogP) is 0.673. The summed E-state index contributed by atoms with van der Waals surface area (Å²) in [5.74, 6) is -1.93. The number of halogens is 3. The van der Waals surface area contributed by atoms with Gasteiger partial charge >= 0.3 is 12.1 Å². The summed E-state index contributed by atoms with van der Waals surface area (Å²) in [4.78, 5) is 10.7. The highest BCUT2D eigenvalue weighted by Gasteiger charge is 2.40. The van der Waals surface area contributed by atoms with Gasteiger partial charge in [0.15, 0.2) is 0 Å². The smallest absolute Gasteiger partial charge is 0.393 e. The number of carbonyl (C=O) groups is 1. The number of nitrogens with zero attached hydrogens (tertiary/aromatic N) is 1. The van der Waals surface area contributed by atoms with Gasteiger partial charge in [0.2, 0.25) is 0 Å². The fourth-order valence-corrected chi connectivity index (χ4v) is 1.56. The molecule has 0 aromatic heterocycles. The first kappa shape index (κ1) is 13.2. The van der Waals surface area contributed by atoms with Crippen molar-refractivity contribution in [3.05, 3.63) is 0 Å². The lowest BCUT2D eigenvalue weighted by molar-refractivity contribution is -0.178. The quantitative estimate of drug-likeness (QED) is 0.708. The van der Waals surface area contributed by atoms with Gasteiger partial charge in [-0.3, -0.25) is 10.2 Å². The lowest BCUT2D eigenvalue weighted by Crippen LogP contribution is -2.48. The van der Waals surface area contributed by atoms with Gasteiger partial charge in [-0.25, -0.2) is 5.01 Å². The number of amides is 1. The zero-order chi connectivity index (χ0) is 12.3. The van der Waals surface area contributed by atoms with E-state index in [1.807, 2.05) is 6.92 Å². The van der Waals surface area contributed by atoms with E-state index >= 15 is 0 Å². The van der Waals surface area contributed by atoms with Crippen molar-refractivity contribution < 1.29 is 23.1 Å². The minimum Gasteiger partial charge on any atom is -0.393 e. The summed E-state index contributed by atoms with van der Waals surface area (Å²) in [6.45, 7) is 2.38. The monoisotopic (exact) mass is 240 g/mol. The van der Waals surface area contributed by atoms with Gasteiger partial charge < -0.3 is 5.11 Å². The SMILES string of the molecule is CC1CCN(NC(=O)C(F)(F)F)CCC1O. The Hall–Kier alpha value is -0.820. The minimum absolute atomic E-state index is 0.0350. The maximum absolute atomic E-state index is 12.0. The summed E-state index contributed by atoms with van der Waals surface area (Å²) in [5, 5.41) is 10.7. The van der Waals surface area contributed by atoms with Crippen molar-refractivity contribution >= 4 is 5.91 Å². The second-order valence-corrected chi connectivity index (χ2v) is 4.05. The van der Waals surface area contributed by atoms with Crippen molar-refractivity contribution in [1.82, 2.24) is 10.4 Å². The van der Waals surface area contributed by atoms with Crippen LogP contribution >= 0.6 is 0 Å². The molecular weight excluding hydrogens is 225 g/mol. The van der Waals surface area contributed by atoms with Crippen LogP contribution in [0.15, 0.2) is 0 Å².